The number of rotatable bonds is 6. The number of aliphatic carboxylic acids is 1. The molecule has 17 heavy (non-hydrogen) atoms. The molecule has 5 heteroatoms. The van der Waals surface area contributed by atoms with Crippen LogP contribution < -0.4 is 0 Å². The zero-order chi connectivity index (χ0) is 13.1. The first-order chi connectivity index (χ1) is 7.91. The predicted molar refractivity (Wildman–Crippen MR) is 60.4 cm³/mol. The van der Waals surface area contributed by atoms with Crippen molar-refractivity contribution < 1.29 is 24.2 Å². The predicted octanol–water partition coefficient (Wildman–Crippen LogP) is 1.09. The van der Waals surface area contributed by atoms with Gasteiger partial charge in [-0.25, -0.2) is 4.79 Å². The first-order valence-corrected chi connectivity index (χ1v) is 5.48. The molecule has 0 aliphatic heterocycles. The van der Waals surface area contributed by atoms with Crippen LogP contribution in [0.1, 0.15) is 13.8 Å². The molecule has 0 bridgehead atoms. The Morgan fingerprint density at radius 2 is 2.00 bits per heavy atom. The zero-order valence-corrected chi connectivity index (χ0v) is 10.3. The lowest BCUT2D eigenvalue weighted by atomic mass is 10.1. The summed E-state index contributed by atoms with van der Waals surface area (Å²) in [6, 6.07) is 0. The van der Waals surface area contributed by atoms with Crippen LogP contribution in [0.4, 0.5) is 0 Å². The number of hydrogen-bond donors (Lipinski definition) is 1. The van der Waals surface area contributed by atoms with Crippen LogP contribution in [0, 0.1) is 17.3 Å². The van der Waals surface area contributed by atoms with Gasteiger partial charge in [0.15, 0.2) is 0 Å². The molecule has 2 atom stereocenters. The smallest absolute Gasteiger partial charge is 0.330 e. The lowest BCUT2D eigenvalue weighted by molar-refractivity contribution is -0.140. The molecular formula is C12H18O5. The summed E-state index contributed by atoms with van der Waals surface area (Å²) in [6.07, 6.45) is 2.92. The Morgan fingerprint density at radius 1 is 1.35 bits per heavy atom. The summed E-state index contributed by atoms with van der Waals surface area (Å²) in [5.41, 5.74) is -0.283. The molecule has 0 radical (unpaired) electrons. The maximum Gasteiger partial charge on any atom is 0.330 e. The fourth-order valence-corrected chi connectivity index (χ4v) is 1.96. The van der Waals surface area contributed by atoms with Gasteiger partial charge in [-0.15, -0.1) is 0 Å². The van der Waals surface area contributed by atoms with E-state index in [2.05, 4.69) is 0 Å². The first-order valence-electron chi connectivity index (χ1n) is 5.48. The van der Waals surface area contributed by atoms with Crippen LogP contribution in [0.2, 0.25) is 0 Å². The summed E-state index contributed by atoms with van der Waals surface area (Å²) in [5.74, 6) is -1.80. The molecule has 0 amide bonds. The third-order valence-corrected chi connectivity index (χ3v) is 3.15. The topological polar surface area (TPSA) is 72.8 Å². The Hall–Kier alpha value is -1.36. The molecule has 5 nitrogen and oxygen atoms in total. The van der Waals surface area contributed by atoms with Crippen molar-refractivity contribution in [3.63, 3.8) is 0 Å². The first kappa shape index (κ1) is 13.7. The quantitative estimate of drug-likeness (QED) is 0.429. The number of carbonyl (C=O) groups is 2. The summed E-state index contributed by atoms with van der Waals surface area (Å²) < 4.78 is 9.56. The molecule has 96 valence electrons. The molecule has 1 fully saturated rings. The Bertz CT molecular complexity index is 332. The SMILES string of the molecule is COCCOC(=O)C=CC1C(C(=O)O)C1(C)C. The van der Waals surface area contributed by atoms with Gasteiger partial charge >= 0.3 is 11.9 Å². The Labute approximate surface area is 100 Å². The van der Waals surface area contributed by atoms with E-state index in [4.69, 9.17) is 14.6 Å². The van der Waals surface area contributed by atoms with E-state index in [1.807, 2.05) is 13.8 Å². The van der Waals surface area contributed by atoms with Crippen molar-refractivity contribution in [2.75, 3.05) is 20.3 Å². The number of carboxylic acid groups (broad SMARTS) is 1. The van der Waals surface area contributed by atoms with E-state index in [9.17, 15) is 9.59 Å². The highest BCUT2D eigenvalue weighted by atomic mass is 16.6. The second-order valence-electron chi connectivity index (χ2n) is 4.68. The summed E-state index contributed by atoms with van der Waals surface area (Å²) >= 11 is 0. The number of carbonyl (C=O) groups excluding carboxylic acids is 1. The molecule has 0 spiro atoms. The highest BCUT2D eigenvalue weighted by Crippen LogP contribution is 2.58. The Morgan fingerprint density at radius 3 is 2.47 bits per heavy atom. The van der Waals surface area contributed by atoms with Crippen LogP contribution in [-0.2, 0) is 19.1 Å². The fourth-order valence-electron chi connectivity index (χ4n) is 1.96. The number of methoxy groups -OCH3 is 1. The van der Waals surface area contributed by atoms with Crippen molar-refractivity contribution >= 4 is 11.9 Å². The van der Waals surface area contributed by atoms with Gasteiger partial charge in [0, 0.05) is 13.2 Å². The molecule has 0 aromatic carbocycles. The Kier molecular flexibility index (Phi) is 4.28. The maximum absolute atomic E-state index is 11.2. The zero-order valence-electron chi connectivity index (χ0n) is 10.3. The molecule has 1 rings (SSSR count). The highest BCUT2D eigenvalue weighted by molar-refractivity contribution is 5.83. The van der Waals surface area contributed by atoms with Crippen molar-refractivity contribution in [3.05, 3.63) is 12.2 Å². The van der Waals surface area contributed by atoms with Crippen molar-refractivity contribution in [1.82, 2.24) is 0 Å². The lowest BCUT2D eigenvalue weighted by Gasteiger charge is -1.99. The van der Waals surface area contributed by atoms with Gasteiger partial charge in [-0.2, -0.15) is 0 Å². The molecule has 0 aromatic rings. The molecule has 1 N–H and O–H groups in total. The molecule has 1 aliphatic carbocycles. The number of allylic oxidation sites excluding steroid dienone is 1. The van der Waals surface area contributed by atoms with Crippen molar-refractivity contribution in [3.8, 4) is 0 Å². The van der Waals surface area contributed by atoms with Gasteiger partial charge in [-0.1, -0.05) is 19.9 Å². The monoisotopic (exact) mass is 242 g/mol. The molecular weight excluding hydrogens is 224 g/mol. The van der Waals surface area contributed by atoms with Crippen molar-refractivity contribution in [2.24, 2.45) is 17.3 Å². The second-order valence-corrected chi connectivity index (χ2v) is 4.68. The minimum atomic E-state index is -0.822. The van der Waals surface area contributed by atoms with Crippen LogP contribution in [0.3, 0.4) is 0 Å². The van der Waals surface area contributed by atoms with Gasteiger partial charge in [0.05, 0.1) is 12.5 Å². The van der Waals surface area contributed by atoms with E-state index in [1.165, 1.54) is 13.2 Å². The number of carboxylic acids is 1. The third kappa shape index (κ3) is 3.30. The standard InChI is InChI=1S/C12H18O5/c1-12(2)8(10(12)11(14)15)4-5-9(13)17-7-6-16-3/h4-5,8,10H,6-7H2,1-3H3,(H,14,15). The third-order valence-electron chi connectivity index (χ3n) is 3.15. The van der Waals surface area contributed by atoms with Crippen LogP contribution in [0.5, 0.6) is 0 Å². The van der Waals surface area contributed by atoms with E-state index in [-0.39, 0.29) is 17.9 Å². The fraction of sp³-hybridized carbons (Fsp3) is 0.667. The molecule has 1 saturated carbocycles. The van der Waals surface area contributed by atoms with Gasteiger partial charge in [0.2, 0.25) is 0 Å². The van der Waals surface area contributed by atoms with Crippen LogP contribution in [-0.4, -0.2) is 37.4 Å². The van der Waals surface area contributed by atoms with E-state index in [1.54, 1.807) is 6.08 Å². The van der Waals surface area contributed by atoms with Crippen LogP contribution in [0.25, 0.3) is 0 Å². The summed E-state index contributed by atoms with van der Waals surface area (Å²) in [6.45, 7) is 4.30. The Balaban J connectivity index is 2.40. The van der Waals surface area contributed by atoms with E-state index in [0.29, 0.717) is 6.61 Å². The minimum absolute atomic E-state index is 0.102. The van der Waals surface area contributed by atoms with Crippen molar-refractivity contribution in [1.29, 1.82) is 0 Å². The molecule has 0 saturated heterocycles. The minimum Gasteiger partial charge on any atom is -0.481 e. The van der Waals surface area contributed by atoms with Crippen LogP contribution >= 0.6 is 0 Å². The molecule has 2 unspecified atom stereocenters. The number of esters is 1. The molecule has 0 heterocycles. The molecule has 0 aromatic heterocycles. The average Bonchev–Trinajstić information content (AvgIpc) is 2.78. The number of hydrogen-bond acceptors (Lipinski definition) is 4. The van der Waals surface area contributed by atoms with Gasteiger partial charge < -0.3 is 14.6 Å². The van der Waals surface area contributed by atoms with E-state index >= 15 is 0 Å². The van der Waals surface area contributed by atoms with Gasteiger partial charge in [0.1, 0.15) is 6.61 Å². The second kappa shape index (κ2) is 5.31. The van der Waals surface area contributed by atoms with Crippen molar-refractivity contribution in [2.45, 2.75) is 13.8 Å². The highest BCUT2D eigenvalue weighted by Gasteiger charge is 2.60. The van der Waals surface area contributed by atoms with E-state index in [0.717, 1.165) is 0 Å². The summed E-state index contributed by atoms with van der Waals surface area (Å²) in [7, 11) is 1.52. The lowest BCUT2D eigenvalue weighted by Crippen LogP contribution is -2.07. The summed E-state index contributed by atoms with van der Waals surface area (Å²) in [5, 5.41) is 8.93. The van der Waals surface area contributed by atoms with Gasteiger partial charge in [-0.3, -0.25) is 4.79 Å². The van der Waals surface area contributed by atoms with E-state index < -0.39 is 17.9 Å². The largest absolute Gasteiger partial charge is 0.481 e. The van der Waals surface area contributed by atoms with Crippen LogP contribution in [0.15, 0.2) is 12.2 Å². The van der Waals surface area contributed by atoms with Gasteiger partial charge in [-0.05, 0) is 11.3 Å². The number of ether oxygens (including phenoxy) is 2. The average molecular weight is 242 g/mol. The van der Waals surface area contributed by atoms with Gasteiger partial charge in [0.25, 0.3) is 0 Å². The summed E-state index contributed by atoms with van der Waals surface area (Å²) in [4.78, 5) is 22.1. The maximum atomic E-state index is 11.2. The molecule has 1 aliphatic rings. The normalized spacial score (nSPS) is 25.8.